The molecule has 1 aromatic rings. The minimum absolute atomic E-state index is 0.161. The summed E-state index contributed by atoms with van der Waals surface area (Å²) in [6, 6.07) is 2.98. The lowest BCUT2D eigenvalue weighted by molar-refractivity contribution is -0.385. The fourth-order valence-electron chi connectivity index (χ4n) is 1.26. The second-order valence-corrected chi connectivity index (χ2v) is 4.67. The molecule has 0 amide bonds. The Kier molecular flexibility index (Phi) is 4.71. The third-order valence-electron chi connectivity index (χ3n) is 2.02. The first kappa shape index (κ1) is 14.5. The molecule has 0 N–H and O–H groups in total. The van der Waals surface area contributed by atoms with Crippen molar-refractivity contribution in [2.45, 2.75) is 18.4 Å². The highest BCUT2D eigenvalue weighted by molar-refractivity contribution is 9.10. The molecule has 1 atom stereocenters. The third kappa shape index (κ3) is 3.46. The summed E-state index contributed by atoms with van der Waals surface area (Å²) in [4.78, 5) is 21.0. The molecule has 0 aliphatic carbocycles. The maximum Gasteiger partial charge on any atom is 0.387 e. The van der Waals surface area contributed by atoms with Crippen LogP contribution < -0.4 is 4.74 Å². The van der Waals surface area contributed by atoms with Crippen molar-refractivity contribution >= 4 is 27.4 Å². The Hall–Kier alpha value is -1.57. The van der Waals surface area contributed by atoms with Gasteiger partial charge in [0.1, 0.15) is 5.75 Å². The number of hydrogen-bond acceptors (Lipinski definition) is 4. The Labute approximate surface area is 109 Å². The van der Waals surface area contributed by atoms with Crippen molar-refractivity contribution in [3.8, 4) is 5.75 Å². The van der Waals surface area contributed by atoms with Crippen LogP contribution in [0.1, 0.15) is 17.3 Å². The number of hydrogen-bond donors (Lipinski definition) is 0. The number of carbonyl (C=O) groups excluding carboxylic acids is 1. The standard InChI is InChI=1S/C10H8BrF2NO4/c1-5(11)9(15)7-3-2-6(18-10(12)13)4-8(7)14(16)17/h2-5,10H,1H3. The first-order chi connectivity index (χ1) is 8.32. The van der Waals surface area contributed by atoms with E-state index in [0.29, 0.717) is 0 Å². The summed E-state index contributed by atoms with van der Waals surface area (Å²) in [6.07, 6.45) is 0. The van der Waals surface area contributed by atoms with Gasteiger partial charge in [0.15, 0.2) is 5.78 Å². The Morgan fingerprint density at radius 3 is 2.56 bits per heavy atom. The van der Waals surface area contributed by atoms with E-state index in [1.165, 1.54) is 6.92 Å². The van der Waals surface area contributed by atoms with Crippen LogP contribution in [0.15, 0.2) is 18.2 Å². The molecule has 0 aliphatic heterocycles. The highest BCUT2D eigenvalue weighted by Crippen LogP contribution is 2.27. The van der Waals surface area contributed by atoms with E-state index in [1.54, 1.807) is 0 Å². The van der Waals surface area contributed by atoms with Gasteiger partial charge in [-0.25, -0.2) is 0 Å². The first-order valence-electron chi connectivity index (χ1n) is 4.74. The largest absolute Gasteiger partial charge is 0.435 e. The van der Waals surface area contributed by atoms with Crippen LogP contribution in [0.2, 0.25) is 0 Å². The number of nitro benzene ring substituents is 1. The van der Waals surface area contributed by atoms with Crippen LogP contribution in [0.5, 0.6) is 5.75 Å². The smallest absolute Gasteiger partial charge is 0.387 e. The lowest BCUT2D eigenvalue weighted by atomic mass is 10.1. The number of halogens is 3. The van der Waals surface area contributed by atoms with Gasteiger partial charge in [0.05, 0.1) is 21.4 Å². The van der Waals surface area contributed by atoms with E-state index in [2.05, 4.69) is 20.7 Å². The van der Waals surface area contributed by atoms with Gasteiger partial charge >= 0.3 is 6.61 Å². The molecule has 1 aromatic carbocycles. The lowest BCUT2D eigenvalue weighted by Crippen LogP contribution is -2.12. The number of Topliss-reactive ketones (excluding diaryl/α,β-unsaturated/α-hetero) is 1. The monoisotopic (exact) mass is 323 g/mol. The molecule has 5 nitrogen and oxygen atoms in total. The average Bonchev–Trinajstić information content (AvgIpc) is 2.26. The molecule has 98 valence electrons. The third-order valence-corrected chi connectivity index (χ3v) is 2.43. The van der Waals surface area contributed by atoms with Gasteiger partial charge in [-0.3, -0.25) is 14.9 Å². The molecule has 0 saturated carbocycles. The van der Waals surface area contributed by atoms with Crippen LogP contribution in [-0.2, 0) is 0 Å². The van der Waals surface area contributed by atoms with E-state index in [4.69, 9.17) is 0 Å². The summed E-state index contributed by atoms with van der Waals surface area (Å²) in [5.74, 6) is -0.874. The van der Waals surface area contributed by atoms with Crippen molar-refractivity contribution < 1.29 is 23.2 Å². The number of alkyl halides is 3. The molecule has 0 aliphatic rings. The Balaban J connectivity index is 3.21. The predicted octanol–water partition coefficient (Wildman–Crippen LogP) is 3.16. The van der Waals surface area contributed by atoms with Gasteiger partial charge in [-0.05, 0) is 19.1 Å². The van der Waals surface area contributed by atoms with Crippen LogP contribution in [0.3, 0.4) is 0 Å². The minimum Gasteiger partial charge on any atom is -0.435 e. The molecule has 0 fully saturated rings. The zero-order valence-corrected chi connectivity index (χ0v) is 10.7. The van der Waals surface area contributed by atoms with Crippen LogP contribution in [-0.4, -0.2) is 22.1 Å². The summed E-state index contributed by atoms with van der Waals surface area (Å²) >= 11 is 3.00. The molecule has 1 rings (SSSR count). The number of carbonyl (C=O) groups is 1. The molecule has 18 heavy (non-hydrogen) atoms. The zero-order valence-electron chi connectivity index (χ0n) is 9.10. The van der Waals surface area contributed by atoms with Crippen molar-refractivity contribution in [1.29, 1.82) is 0 Å². The Bertz CT molecular complexity index is 479. The maximum absolute atomic E-state index is 12.0. The molecule has 0 bridgehead atoms. The second kappa shape index (κ2) is 5.85. The highest BCUT2D eigenvalue weighted by atomic mass is 79.9. The molecular weight excluding hydrogens is 316 g/mol. The van der Waals surface area contributed by atoms with Crippen LogP contribution >= 0.6 is 15.9 Å². The summed E-state index contributed by atoms with van der Waals surface area (Å²) < 4.78 is 28.0. The summed E-state index contributed by atoms with van der Waals surface area (Å²) in [6.45, 7) is -1.57. The van der Waals surface area contributed by atoms with Gasteiger partial charge in [-0.15, -0.1) is 0 Å². The molecule has 0 spiro atoms. The van der Waals surface area contributed by atoms with E-state index in [1.807, 2.05) is 0 Å². The Morgan fingerprint density at radius 1 is 1.50 bits per heavy atom. The van der Waals surface area contributed by atoms with E-state index in [0.717, 1.165) is 18.2 Å². The van der Waals surface area contributed by atoms with Crippen LogP contribution in [0.25, 0.3) is 0 Å². The lowest BCUT2D eigenvalue weighted by Gasteiger charge is -2.07. The van der Waals surface area contributed by atoms with Crippen molar-refractivity contribution in [3.63, 3.8) is 0 Å². The highest BCUT2D eigenvalue weighted by Gasteiger charge is 2.24. The summed E-state index contributed by atoms with van der Waals surface area (Å²) in [5.41, 5.74) is -0.726. The SMILES string of the molecule is CC(Br)C(=O)c1ccc(OC(F)F)cc1[N+](=O)[O-]. The van der Waals surface area contributed by atoms with Crippen molar-refractivity contribution in [2.75, 3.05) is 0 Å². The number of nitrogens with zero attached hydrogens (tertiary/aromatic N) is 1. The van der Waals surface area contributed by atoms with Crippen molar-refractivity contribution in [3.05, 3.63) is 33.9 Å². The topological polar surface area (TPSA) is 69.4 Å². The first-order valence-corrected chi connectivity index (χ1v) is 5.66. The van der Waals surface area contributed by atoms with Crippen molar-refractivity contribution in [2.24, 2.45) is 0 Å². The van der Waals surface area contributed by atoms with Gasteiger partial charge in [0.25, 0.3) is 5.69 Å². The van der Waals surface area contributed by atoms with Gasteiger partial charge in [0.2, 0.25) is 0 Å². The van der Waals surface area contributed by atoms with Gasteiger partial charge in [-0.1, -0.05) is 15.9 Å². The molecule has 0 saturated heterocycles. The van der Waals surface area contributed by atoms with E-state index in [9.17, 15) is 23.7 Å². The zero-order chi connectivity index (χ0) is 13.9. The predicted molar refractivity (Wildman–Crippen MR) is 62.4 cm³/mol. The number of ether oxygens (including phenoxy) is 1. The van der Waals surface area contributed by atoms with Gasteiger partial charge in [-0.2, -0.15) is 8.78 Å². The van der Waals surface area contributed by atoms with E-state index in [-0.39, 0.29) is 11.3 Å². The maximum atomic E-state index is 12.0. The molecule has 0 heterocycles. The molecule has 8 heteroatoms. The van der Waals surface area contributed by atoms with Crippen molar-refractivity contribution in [1.82, 2.24) is 0 Å². The number of rotatable bonds is 5. The molecule has 1 unspecified atom stereocenters. The van der Waals surface area contributed by atoms with Gasteiger partial charge in [0, 0.05) is 0 Å². The summed E-state index contributed by atoms with van der Waals surface area (Å²) in [5, 5.41) is 10.8. The minimum atomic E-state index is -3.08. The Morgan fingerprint density at radius 2 is 2.11 bits per heavy atom. The second-order valence-electron chi connectivity index (χ2n) is 3.29. The number of ketones is 1. The molecule has 0 aromatic heterocycles. The molecule has 0 radical (unpaired) electrons. The van der Waals surface area contributed by atoms with Crippen LogP contribution in [0.4, 0.5) is 14.5 Å². The quantitative estimate of drug-likeness (QED) is 0.361. The average molecular weight is 324 g/mol. The molecular formula is C10H8BrF2NO4. The van der Waals surface area contributed by atoms with Gasteiger partial charge < -0.3 is 4.74 Å². The van der Waals surface area contributed by atoms with E-state index >= 15 is 0 Å². The summed E-state index contributed by atoms with van der Waals surface area (Å²) in [7, 11) is 0. The number of nitro groups is 1. The van der Waals surface area contributed by atoms with Crippen LogP contribution in [0, 0.1) is 10.1 Å². The fourth-order valence-corrected chi connectivity index (χ4v) is 1.51. The number of benzene rings is 1. The fraction of sp³-hybridized carbons (Fsp3) is 0.300. The normalized spacial score (nSPS) is 12.3. The van der Waals surface area contributed by atoms with E-state index < -0.39 is 27.8 Å².